The lowest BCUT2D eigenvalue weighted by Gasteiger charge is -2.23. The third-order valence-electron chi connectivity index (χ3n) is 4.67. The molecule has 0 atom stereocenters. The Bertz CT molecular complexity index is 608. The van der Waals surface area contributed by atoms with Crippen molar-refractivity contribution < 1.29 is 4.79 Å². The van der Waals surface area contributed by atoms with E-state index in [1.54, 1.807) is 0 Å². The minimum atomic E-state index is -0.0413. The number of hydrogen-bond donors (Lipinski definition) is 4. The molecule has 0 spiro atoms. The first-order valence-corrected chi connectivity index (χ1v) is 11.9. The second kappa shape index (κ2) is 13.3. The summed E-state index contributed by atoms with van der Waals surface area (Å²) in [6, 6.07) is 7.90. The van der Waals surface area contributed by atoms with Crippen LogP contribution in [-0.2, 0) is 5.41 Å². The minimum absolute atomic E-state index is 0.0413. The number of carbonyl (C=O) groups is 1. The lowest BCUT2D eigenvalue weighted by Crippen LogP contribution is -2.42. The predicted molar refractivity (Wildman–Crippen MR) is 131 cm³/mol. The molecular formula is C23H43N5OS. The number of nitrogens with zero attached hydrogens (tertiary/aromatic N) is 1. The van der Waals surface area contributed by atoms with Crippen LogP contribution in [0.1, 0.15) is 57.5 Å². The van der Waals surface area contributed by atoms with E-state index in [0.717, 1.165) is 45.1 Å². The van der Waals surface area contributed by atoms with Crippen molar-refractivity contribution in [2.45, 2.75) is 52.5 Å². The summed E-state index contributed by atoms with van der Waals surface area (Å²) < 4.78 is 2.98. The molecule has 0 aromatic heterocycles. The maximum Gasteiger partial charge on any atom is 0.261 e. The van der Waals surface area contributed by atoms with Gasteiger partial charge in [0.05, 0.1) is 5.88 Å². The number of likely N-dealkylation sites (N-methyl/N-ethyl adjacent to an activating group) is 1. The number of nitrogens with one attached hydrogen (secondary N) is 4. The maximum atomic E-state index is 12.4. The highest BCUT2D eigenvalue weighted by atomic mass is 32.2. The molecule has 1 rings (SSSR count). The van der Waals surface area contributed by atoms with E-state index in [1.165, 1.54) is 17.5 Å². The van der Waals surface area contributed by atoms with Crippen LogP contribution >= 0.6 is 11.9 Å². The summed E-state index contributed by atoms with van der Waals surface area (Å²) in [4.78, 5) is 14.8. The molecule has 0 aliphatic rings. The highest BCUT2D eigenvalue weighted by Crippen LogP contribution is 2.22. The van der Waals surface area contributed by atoms with Crippen LogP contribution < -0.4 is 20.7 Å². The first-order chi connectivity index (χ1) is 14.0. The molecule has 172 valence electrons. The van der Waals surface area contributed by atoms with Gasteiger partial charge in [-0.3, -0.25) is 14.4 Å². The van der Waals surface area contributed by atoms with Gasteiger partial charge in [-0.2, -0.15) is 0 Å². The monoisotopic (exact) mass is 437 g/mol. The normalized spacial score (nSPS) is 12.4. The quantitative estimate of drug-likeness (QED) is 0.216. The summed E-state index contributed by atoms with van der Waals surface area (Å²) >= 11 is 1.45. The van der Waals surface area contributed by atoms with E-state index in [-0.39, 0.29) is 16.9 Å². The molecule has 0 aliphatic heterocycles. The molecule has 1 aromatic rings. The molecule has 0 fully saturated rings. The van der Waals surface area contributed by atoms with Crippen LogP contribution in [0.15, 0.2) is 24.3 Å². The van der Waals surface area contributed by atoms with Gasteiger partial charge in [0.2, 0.25) is 0 Å². The number of rotatable bonds is 13. The van der Waals surface area contributed by atoms with Crippen LogP contribution in [0.5, 0.6) is 0 Å². The lowest BCUT2D eigenvalue weighted by atomic mass is 9.87. The molecule has 1 aromatic carbocycles. The van der Waals surface area contributed by atoms with Crippen molar-refractivity contribution >= 4 is 17.9 Å². The minimum Gasteiger partial charge on any atom is -0.318 e. The van der Waals surface area contributed by atoms with E-state index in [2.05, 4.69) is 67.1 Å². The standard InChI is InChI=1S/C23H43N5OS/c1-22(2,3)20-10-8-19(9-11-20)21(29)27-30-18-28(16-14-24-7)17-15-25-12-13-26-23(4,5)6/h8-11,24-26H,12-18H2,1-7H3,(H,27,29). The Morgan fingerprint density at radius 2 is 1.57 bits per heavy atom. The van der Waals surface area contributed by atoms with Crippen molar-refractivity contribution in [1.82, 2.24) is 25.6 Å². The summed E-state index contributed by atoms with van der Waals surface area (Å²) in [5, 5.41) is 10.2. The van der Waals surface area contributed by atoms with Crippen LogP contribution in [0.3, 0.4) is 0 Å². The van der Waals surface area contributed by atoms with Gasteiger partial charge in [-0.1, -0.05) is 32.9 Å². The number of amides is 1. The molecular weight excluding hydrogens is 394 g/mol. The van der Waals surface area contributed by atoms with Crippen LogP contribution in [0, 0.1) is 0 Å². The Hall–Kier alpha value is -1.12. The molecule has 0 bridgehead atoms. The van der Waals surface area contributed by atoms with E-state index in [4.69, 9.17) is 0 Å². The smallest absolute Gasteiger partial charge is 0.261 e. The van der Waals surface area contributed by atoms with Crippen LogP contribution in [0.4, 0.5) is 0 Å². The Morgan fingerprint density at radius 3 is 2.13 bits per heavy atom. The molecule has 0 unspecified atom stereocenters. The van der Waals surface area contributed by atoms with E-state index >= 15 is 0 Å². The van der Waals surface area contributed by atoms with Gasteiger partial charge in [0.25, 0.3) is 5.91 Å². The zero-order valence-electron chi connectivity index (χ0n) is 20.0. The van der Waals surface area contributed by atoms with E-state index < -0.39 is 0 Å². The topological polar surface area (TPSA) is 68.4 Å². The molecule has 0 heterocycles. The van der Waals surface area contributed by atoms with Crippen molar-refractivity contribution in [3.8, 4) is 0 Å². The first-order valence-electron chi connectivity index (χ1n) is 10.9. The Morgan fingerprint density at radius 1 is 0.933 bits per heavy atom. The fourth-order valence-corrected chi connectivity index (χ4v) is 3.52. The Labute approximate surface area is 188 Å². The molecule has 0 aliphatic carbocycles. The lowest BCUT2D eigenvalue weighted by molar-refractivity contribution is 0.0984. The SMILES string of the molecule is CNCCN(CCNCCNC(C)(C)C)CSNC(=O)c1ccc(C(C)(C)C)cc1. The largest absolute Gasteiger partial charge is 0.318 e. The van der Waals surface area contributed by atoms with Crippen LogP contribution in [0.2, 0.25) is 0 Å². The molecule has 0 radical (unpaired) electrons. The molecule has 0 saturated heterocycles. The van der Waals surface area contributed by atoms with Crippen molar-refractivity contribution in [2.75, 3.05) is 52.2 Å². The molecule has 7 heteroatoms. The second-order valence-electron chi connectivity index (χ2n) is 9.68. The van der Waals surface area contributed by atoms with Gasteiger partial charge < -0.3 is 16.0 Å². The van der Waals surface area contributed by atoms with E-state index in [9.17, 15) is 4.79 Å². The predicted octanol–water partition coefficient (Wildman–Crippen LogP) is 2.82. The van der Waals surface area contributed by atoms with Crippen molar-refractivity contribution in [2.24, 2.45) is 0 Å². The number of hydrogen-bond acceptors (Lipinski definition) is 6. The fraction of sp³-hybridized carbons (Fsp3) is 0.696. The van der Waals surface area contributed by atoms with Gasteiger partial charge in [-0.25, -0.2) is 0 Å². The van der Waals surface area contributed by atoms with Crippen molar-refractivity contribution in [3.05, 3.63) is 35.4 Å². The van der Waals surface area contributed by atoms with Crippen LogP contribution in [-0.4, -0.2) is 68.5 Å². The van der Waals surface area contributed by atoms with Gasteiger partial charge >= 0.3 is 0 Å². The van der Waals surface area contributed by atoms with E-state index in [1.807, 2.05) is 31.3 Å². The highest BCUT2D eigenvalue weighted by molar-refractivity contribution is 7.97. The average Bonchev–Trinajstić information content (AvgIpc) is 2.66. The van der Waals surface area contributed by atoms with Crippen molar-refractivity contribution in [1.29, 1.82) is 0 Å². The zero-order chi connectivity index (χ0) is 22.6. The first kappa shape index (κ1) is 26.9. The Balaban J connectivity index is 2.36. The average molecular weight is 438 g/mol. The van der Waals surface area contributed by atoms with Gasteiger partial charge in [-0.05, 0) is 62.9 Å². The summed E-state index contributed by atoms with van der Waals surface area (Å²) in [5.41, 5.74) is 2.18. The second-order valence-corrected chi connectivity index (χ2v) is 10.4. The third-order valence-corrected chi connectivity index (χ3v) is 5.49. The van der Waals surface area contributed by atoms with Gasteiger partial charge in [0.15, 0.2) is 0 Å². The van der Waals surface area contributed by atoms with Gasteiger partial charge in [-0.15, -0.1) is 0 Å². The highest BCUT2D eigenvalue weighted by Gasteiger charge is 2.14. The summed E-state index contributed by atoms with van der Waals surface area (Å²) in [6.07, 6.45) is 0. The zero-order valence-corrected chi connectivity index (χ0v) is 20.8. The summed E-state index contributed by atoms with van der Waals surface area (Å²) in [5.74, 6) is 0.718. The third kappa shape index (κ3) is 11.9. The number of carbonyl (C=O) groups excluding carboxylic acids is 1. The molecule has 30 heavy (non-hydrogen) atoms. The maximum absolute atomic E-state index is 12.4. The van der Waals surface area contributed by atoms with Gasteiger partial charge in [0.1, 0.15) is 0 Å². The number of benzene rings is 1. The summed E-state index contributed by atoms with van der Waals surface area (Å²) in [6.45, 7) is 18.7. The van der Waals surface area contributed by atoms with Crippen LogP contribution in [0.25, 0.3) is 0 Å². The molecule has 0 saturated carbocycles. The molecule has 6 nitrogen and oxygen atoms in total. The summed E-state index contributed by atoms with van der Waals surface area (Å²) in [7, 11) is 1.96. The van der Waals surface area contributed by atoms with Crippen molar-refractivity contribution in [3.63, 3.8) is 0 Å². The van der Waals surface area contributed by atoms with E-state index in [0.29, 0.717) is 5.56 Å². The fourth-order valence-electron chi connectivity index (χ4n) is 2.77. The Kier molecular flexibility index (Phi) is 12.0. The molecule has 4 N–H and O–H groups in total. The molecule has 1 amide bonds. The van der Waals surface area contributed by atoms with Gasteiger partial charge in [0, 0.05) is 50.4 Å².